The predicted molar refractivity (Wildman–Crippen MR) is 119 cm³/mol. The predicted octanol–water partition coefficient (Wildman–Crippen LogP) is 5.45. The van der Waals surface area contributed by atoms with E-state index in [0.29, 0.717) is 28.9 Å². The Labute approximate surface area is 180 Å². The molecule has 3 rings (SSSR count). The molecule has 0 spiro atoms. The number of aromatic nitrogens is 2. The van der Waals surface area contributed by atoms with Gasteiger partial charge in [-0.2, -0.15) is 0 Å². The van der Waals surface area contributed by atoms with Gasteiger partial charge in [-0.3, -0.25) is 9.69 Å². The molecular weight excluding hydrogens is 406 g/mol. The summed E-state index contributed by atoms with van der Waals surface area (Å²) in [6, 6.07) is 15.2. The average Bonchev–Trinajstić information content (AvgIpc) is 3.17. The lowest BCUT2D eigenvalue weighted by molar-refractivity contribution is 0.0975. The number of benzene rings is 2. The largest absolute Gasteiger partial charge is 0.383 e. The number of carbonyl (C=O) groups excluding carboxylic acids is 1. The summed E-state index contributed by atoms with van der Waals surface area (Å²) in [5.74, 6) is -0.185. The fraction of sp³-hybridized carbons (Fsp3) is 0.318. The van der Waals surface area contributed by atoms with Crippen LogP contribution in [0.5, 0.6) is 0 Å². The van der Waals surface area contributed by atoms with Gasteiger partial charge in [-0.25, -0.2) is 0 Å². The van der Waals surface area contributed by atoms with E-state index in [9.17, 15) is 4.79 Å². The molecule has 0 atom stereocenters. The van der Waals surface area contributed by atoms with Gasteiger partial charge in [-0.1, -0.05) is 74.0 Å². The van der Waals surface area contributed by atoms with Gasteiger partial charge < -0.3 is 4.74 Å². The van der Waals surface area contributed by atoms with E-state index in [2.05, 4.69) is 43.1 Å². The third-order valence-electron chi connectivity index (χ3n) is 4.48. The fourth-order valence-corrected chi connectivity index (χ4v) is 3.86. The monoisotopic (exact) mass is 429 g/mol. The molecule has 0 N–H and O–H groups in total. The highest BCUT2D eigenvalue weighted by molar-refractivity contribution is 7.18. The second-order valence-electron chi connectivity index (χ2n) is 7.68. The van der Waals surface area contributed by atoms with Crippen LogP contribution in [0, 0.1) is 0 Å². The molecule has 0 unspecified atom stereocenters. The maximum Gasteiger partial charge on any atom is 0.260 e. The lowest BCUT2D eigenvalue weighted by Gasteiger charge is -2.19. The van der Waals surface area contributed by atoms with Gasteiger partial charge in [0.1, 0.15) is 5.01 Å². The topological polar surface area (TPSA) is 55.3 Å². The molecule has 0 radical (unpaired) electrons. The maximum atomic E-state index is 13.1. The van der Waals surface area contributed by atoms with Crippen molar-refractivity contribution in [3.05, 3.63) is 64.7 Å². The number of anilines is 1. The Bertz CT molecular complexity index is 980. The first-order chi connectivity index (χ1) is 13.8. The number of amides is 1. The number of ether oxygens (including phenoxy) is 1. The number of nitrogens with zero attached hydrogens (tertiary/aromatic N) is 3. The summed E-state index contributed by atoms with van der Waals surface area (Å²) in [7, 11) is 1.60. The molecule has 0 saturated heterocycles. The molecule has 1 amide bonds. The summed E-state index contributed by atoms with van der Waals surface area (Å²) in [5.41, 5.74) is 2.82. The number of rotatable bonds is 6. The molecule has 0 saturated carbocycles. The molecule has 0 bridgehead atoms. The Morgan fingerprint density at radius 2 is 1.86 bits per heavy atom. The number of methoxy groups -OCH3 is 1. The van der Waals surface area contributed by atoms with E-state index in [1.54, 1.807) is 36.3 Å². The second kappa shape index (κ2) is 9.03. The molecule has 1 heterocycles. The van der Waals surface area contributed by atoms with Crippen LogP contribution in [0.3, 0.4) is 0 Å². The summed E-state index contributed by atoms with van der Waals surface area (Å²) in [6.45, 7) is 7.31. The van der Waals surface area contributed by atoms with Crippen LogP contribution in [0.15, 0.2) is 48.5 Å². The first-order valence-electron chi connectivity index (χ1n) is 9.30. The Morgan fingerprint density at radius 1 is 1.14 bits per heavy atom. The highest BCUT2D eigenvalue weighted by Gasteiger charge is 2.22. The first-order valence-corrected chi connectivity index (χ1v) is 10.5. The summed E-state index contributed by atoms with van der Waals surface area (Å²) in [4.78, 5) is 14.6. The van der Waals surface area contributed by atoms with Crippen LogP contribution < -0.4 is 4.90 Å². The zero-order valence-electron chi connectivity index (χ0n) is 17.0. The van der Waals surface area contributed by atoms with Crippen LogP contribution in [0.2, 0.25) is 5.02 Å². The molecule has 0 fully saturated rings. The Hall–Kier alpha value is -2.28. The normalized spacial score (nSPS) is 11.5. The third kappa shape index (κ3) is 5.21. The van der Waals surface area contributed by atoms with Crippen LogP contribution in [0.4, 0.5) is 5.13 Å². The Kier molecular flexibility index (Phi) is 6.67. The van der Waals surface area contributed by atoms with Crippen molar-refractivity contribution in [3.63, 3.8) is 0 Å². The standard InChI is InChI=1S/C22H24ClN3O2S/c1-22(2,3)17-10-8-15(9-11-17)19-24-25-21(29-19)26(12-13-28-4)20(27)16-6-5-7-18(23)14-16/h5-11,14H,12-13H2,1-4H3. The van der Waals surface area contributed by atoms with Crippen molar-refractivity contribution >= 4 is 34.0 Å². The van der Waals surface area contributed by atoms with Gasteiger partial charge in [-0.05, 0) is 29.2 Å². The number of carbonyl (C=O) groups is 1. The van der Waals surface area contributed by atoms with Gasteiger partial charge >= 0.3 is 0 Å². The minimum Gasteiger partial charge on any atom is -0.383 e. The second-order valence-corrected chi connectivity index (χ2v) is 9.07. The van der Waals surface area contributed by atoms with Gasteiger partial charge in [0.15, 0.2) is 0 Å². The highest BCUT2D eigenvalue weighted by atomic mass is 35.5. The van der Waals surface area contributed by atoms with E-state index in [1.807, 2.05) is 12.1 Å². The van der Waals surface area contributed by atoms with Crippen molar-refractivity contribution < 1.29 is 9.53 Å². The molecule has 0 aliphatic rings. The first kappa shape index (κ1) is 21.4. The van der Waals surface area contributed by atoms with Crippen molar-refractivity contribution in [2.24, 2.45) is 0 Å². The SMILES string of the molecule is COCCN(C(=O)c1cccc(Cl)c1)c1nnc(-c2ccc(C(C)(C)C)cc2)s1. The summed E-state index contributed by atoms with van der Waals surface area (Å²) < 4.78 is 5.18. The molecular formula is C22H24ClN3O2S. The van der Waals surface area contributed by atoms with Gasteiger partial charge in [0.2, 0.25) is 5.13 Å². The Morgan fingerprint density at radius 3 is 2.48 bits per heavy atom. The van der Waals surface area contributed by atoms with Gasteiger partial charge in [0, 0.05) is 23.3 Å². The van der Waals surface area contributed by atoms with E-state index in [0.717, 1.165) is 10.6 Å². The van der Waals surface area contributed by atoms with Gasteiger partial charge in [0.25, 0.3) is 5.91 Å². The van der Waals surface area contributed by atoms with E-state index in [-0.39, 0.29) is 11.3 Å². The molecule has 1 aromatic heterocycles. The molecule has 5 nitrogen and oxygen atoms in total. The lowest BCUT2D eigenvalue weighted by atomic mass is 9.87. The summed E-state index contributed by atoms with van der Waals surface area (Å²) in [5, 5.41) is 10.4. The molecule has 2 aromatic carbocycles. The lowest BCUT2D eigenvalue weighted by Crippen LogP contribution is -2.33. The van der Waals surface area contributed by atoms with Crippen molar-refractivity contribution in [2.45, 2.75) is 26.2 Å². The minimum atomic E-state index is -0.185. The maximum absolute atomic E-state index is 13.1. The van der Waals surface area contributed by atoms with Crippen LogP contribution in [-0.4, -0.2) is 36.4 Å². The van der Waals surface area contributed by atoms with Crippen molar-refractivity contribution in [1.29, 1.82) is 0 Å². The minimum absolute atomic E-state index is 0.0884. The fourth-order valence-electron chi connectivity index (χ4n) is 2.80. The smallest absolute Gasteiger partial charge is 0.260 e. The quantitative estimate of drug-likeness (QED) is 0.522. The van der Waals surface area contributed by atoms with Crippen molar-refractivity contribution in [3.8, 4) is 10.6 Å². The van der Waals surface area contributed by atoms with E-state index in [4.69, 9.17) is 16.3 Å². The third-order valence-corrected chi connectivity index (χ3v) is 5.71. The van der Waals surface area contributed by atoms with Crippen molar-refractivity contribution in [2.75, 3.05) is 25.2 Å². The van der Waals surface area contributed by atoms with Gasteiger partial charge in [0.05, 0.1) is 13.2 Å². The van der Waals surface area contributed by atoms with Crippen LogP contribution in [-0.2, 0) is 10.2 Å². The van der Waals surface area contributed by atoms with Gasteiger partial charge in [-0.15, -0.1) is 10.2 Å². The summed E-state index contributed by atoms with van der Waals surface area (Å²) in [6.07, 6.45) is 0. The van der Waals surface area contributed by atoms with E-state index >= 15 is 0 Å². The number of hydrogen-bond donors (Lipinski definition) is 0. The zero-order valence-corrected chi connectivity index (χ0v) is 18.5. The number of hydrogen-bond acceptors (Lipinski definition) is 5. The molecule has 0 aliphatic heterocycles. The van der Waals surface area contributed by atoms with E-state index < -0.39 is 0 Å². The Balaban J connectivity index is 1.88. The van der Waals surface area contributed by atoms with E-state index in [1.165, 1.54) is 16.9 Å². The van der Waals surface area contributed by atoms with Crippen LogP contribution in [0.1, 0.15) is 36.7 Å². The van der Waals surface area contributed by atoms with Crippen molar-refractivity contribution in [1.82, 2.24) is 10.2 Å². The summed E-state index contributed by atoms with van der Waals surface area (Å²) >= 11 is 7.43. The number of halogens is 1. The zero-order chi connectivity index (χ0) is 21.0. The van der Waals surface area contributed by atoms with Crippen LogP contribution >= 0.6 is 22.9 Å². The van der Waals surface area contributed by atoms with Crippen LogP contribution in [0.25, 0.3) is 10.6 Å². The molecule has 7 heteroatoms. The molecule has 152 valence electrons. The molecule has 29 heavy (non-hydrogen) atoms. The molecule has 0 aliphatic carbocycles. The highest BCUT2D eigenvalue weighted by Crippen LogP contribution is 2.31. The molecule has 3 aromatic rings. The average molecular weight is 430 g/mol.